The minimum absolute atomic E-state index is 0.137. The molecule has 6 heteroatoms. The van der Waals surface area contributed by atoms with Gasteiger partial charge in [0, 0.05) is 26.1 Å². The zero-order valence-corrected chi connectivity index (χ0v) is 17.0. The van der Waals surface area contributed by atoms with Gasteiger partial charge in [0.1, 0.15) is 0 Å². The molecule has 2 aliphatic heterocycles. The molecular formula is C21H31F2NO3. The third-order valence-corrected chi connectivity index (χ3v) is 5.10. The summed E-state index contributed by atoms with van der Waals surface area (Å²) in [5, 5.41) is 0. The van der Waals surface area contributed by atoms with Crippen molar-refractivity contribution in [2.45, 2.75) is 70.6 Å². The number of hydrogen-bond donors (Lipinski definition) is 0. The number of benzene rings is 1. The summed E-state index contributed by atoms with van der Waals surface area (Å²) in [7, 11) is 1.55. The van der Waals surface area contributed by atoms with Crippen molar-refractivity contribution < 1.29 is 23.0 Å². The number of halogens is 2. The fraction of sp³-hybridized carbons (Fsp3) is 0.714. The molecule has 4 nitrogen and oxygen atoms in total. The third kappa shape index (κ3) is 5.11. The number of fused-ring (bicyclic) bond motifs is 3. The van der Waals surface area contributed by atoms with Crippen LogP contribution in [-0.4, -0.2) is 49.3 Å². The van der Waals surface area contributed by atoms with Gasteiger partial charge in [0.15, 0.2) is 18.1 Å². The number of alkyl halides is 2. The van der Waals surface area contributed by atoms with Crippen molar-refractivity contribution in [2.24, 2.45) is 0 Å². The Morgan fingerprint density at radius 1 is 1.11 bits per heavy atom. The van der Waals surface area contributed by atoms with Gasteiger partial charge < -0.3 is 14.2 Å². The lowest BCUT2D eigenvalue weighted by molar-refractivity contribution is -0.0971. The average molecular weight is 383 g/mol. The van der Waals surface area contributed by atoms with Crippen molar-refractivity contribution in [1.29, 1.82) is 0 Å². The first kappa shape index (κ1) is 20.3. The number of rotatable bonds is 5. The molecule has 0 bridgehead atoms. The smallest absolute Gasteiger partial charge is 0.278 e. The first-order valence-corrected chi connectivity index (χ1v) is 9.69. The molecular weight excluding hydrogens is 352 g/mol. The number of ether oxygens (including phenoxy) is 3. The first-order valence-electron chi connectivity index (χ1n) is 9.69. The van der Waals surface area contributed by atoms with E-state index in [1.54, 1.807) is 7.11 Å². The van der Waals surface area contributed by atoms with E-state index in [0.29, 0.717) is 17.5 Å². The number of methoxy groups -OCH3 is 1. The SMILES string of the molecule is COc1cc2c(cc1OCC(C)(F)F)CCN1CC(OC(C)(C)C)CCC21. The highest BCUT2D eigenvalue weighted by molar-refractivity contribution is 5.49. The molecule has 0 aliphatic carbocycles. The summed E-state index contributed by atoms with van der Waals surface area (Å²) in [6, 6.07) is 4.18. The van der Waals surface area contributed by atoms with Gasteiger partial charge in [-0.1, -0.05) is 0 Å². The Bertz CT molecular complexity index is 667. The van der Waals surface area contributed by atoms with Gasteiger partial charge in [0.25, 0.3) is 5.92 Å². The molecule has 1 fully saturated rings. The second-order valence-corrected chi connectivity index (χ2v) is 8.75. The van der Waals surface area contributed by atoms with Crippen LogP contribution in [0.5, 0.6) is 11.5 Å². The summed E-state index contributed by atoms with van der Waals surface area (Å²) < 4.78 is 43.3. The van der Waals surface area contributed by atoms with Crippen LogP contribution in [0.15, 0.2) is 12.1 Å². The predicted octanol–water partition coefficient (Wildman–Crippen LogP) is 4.61. The Labute approximate surface area is 160 Å². The fourth-order valence-corrected chi connectivity index (χ4v) is 4.09. The summed E-state index contributed by atoms with van der Waals surface area (Å²) >= 11 is 0. The van der Waals surface area contributed by atoms with Gasteiger partial charge in [-0.25, -0.2) is 8.78 Å². The van der Waals surface area contributed by atoms with Gasteiger partial charge in [-0.05, 0) is 63.3 Å². The van der Waals surface area contributed by atoms with Gasteiger partial charge in [0.2, 0.25) is 0 Å². The molecule has 0 radical (unpaired) electrons. The van der Waals surface area contributed by atoms with Gasteiger partial charge in [-0.2, -0.15) is 0 Å². The molecule has 1 saturated heterocycles. The second-order valence-electron chi connectivity index (χ2n) is 8.75. The standard InChI is InChI=1S/C21H31F2NO3/c1-20(2,3)27-15-6-7-17-16-11-18(25-5)19(26-13-21(4,22)23)10-14(16)8-9-24(17)12-15/h10-11,15,17H,6-9,12-13H2,1-5H3. The first-order chi connectivity index (χ1) is 12.6. The largest absolute Gasteiger partial charge is 0.493 e. The molecule has 3 rings (SSSR count). The quantitative estimate of drug-likeness (QED) is 0.743. The van der Waals surface area contributed by atoms with Gasteiger partial charge in [-0.15, -0.1) is 0 Å². The zero-order valence-electron chi connectivity index (χ0n) is 17.0. The molecule has 0 N–H and O–H groups in total. The van der Waals surface area contributed by atoms with Crippen LogP contribution in [0.1, 0.15) is 57.7 Å². The van der Waals surface area contributed by atoms with E-state index >= 15 is 0 Å². The highest BCUT2D eigenvalue weighted by Crippen LogP contribution is 2.42. The summed E-state index contributed by atoms with van der Waals surface area (Å²) in [4.78, 5) is 2.47. The lowest BCUT2D eigenvalue weighted by atomic mass is 9.85. The lowest BCUT2D eigenvalue weighted by Gasteiger charge is -2.44. The van der Waals surface area contributed by atoms with E-state index in [2.05, 4.69) is 25.7 Å². The summed E-state index contributed by atoms with van der Waals surface area (Å²) in [5.41, 5.74) is 2.26. The third-order valence-electron chi connectivity index (χ3n) is 5.10. The molecule has 0 amide bonds. The Balaban J connectivity index is 1.77. The highest BCUT2D eigenvalue weighted by Gasteiger charge is 2.36. The van der Waals surface area contributed by atoms with Crippen LogP contribution in [0.4, 0.5) is 8.78 Å². The molecule has 1 aromatic rings. The van der Waals surface area contributed by atoms with Gasteiger partial charge >= 0.3 is 0 Å². The van der Waals surface area contributed by atoms with Crippen LogP contribution in [0.3, 0.4) is 0 Å². The molecule has 27 heavy (non-hydrogen) atoms. The zero-order chi connectivity index (χ0) is 19.8. The molecule has 152 valence electrons. The summed E-state index contributed by atoms with van der Waals surface area (Å²) in [5.74, 6) is -1.95. The topological polar surface area (TPSA) is 30.9 Å². The Morgan fingerprint density at radius 3 is 2.48 bits per heavy atom. The Kier molecular flexibility index (Phi) is 5.69. The maximum Gasteiger partial charge on any atom is 0.278 e. The van der Waals surface area contributed by atoms with E-state index in [-0.39, 0.29) is 11.7 Å². The normalized spacial score (nSPS) is 23.5. The van der Waals surface area contributed by atoms with Crippen molar-refractivity contribution in [2.75, 3.05) is 26.8 Å². The Morgan fingerprint density at radius 2 is 1.85 bits per heavy atom. The molecule has 2 unspecified atom stereocenters. The van der Waals surface area contributed by atoms with Crippen LogP contribution < -0.4 is 9.47 Å². The average Bonchev–Trinajstić information content (AvgIpc) is 2.56. The summed E-state index contributed by atoms with van der Waals surface area (Å²) in [6.45, 7) is 8.35. The number of nitrogens with zero attached hydrogens (tertiary/aromatic N) is 1. The van der Waals surface area contributed by atoms with E-state index in [0.717, 1.165) is 39.3 Å². The fourth-order valence-electron chi connectivity index (χ4n) is 4.09. The highest BCUT2D eigenvalue weighted by atomic mass is 19.3. The van der Waals surface area contributed by atoms with Crippen molar-refractivity contribution in [3.05, 3.63) is 23.3 Å². The maximum atomic E-state index is 13.2. The van der Waals surface area contributed by atoms with Crippen LogP contribution in [0.25, 0.3) is 0 Å². The second kappa shape index (κ2) is 7.55. The number of hydrogen-bond acceptors (Lipinski definition) is 4. The minimum atomic E-state index is -2.87. The van der Waals surface area contributed by atoms with Crippen LogP contribution in [0.2, 0.25) is 0 Å². The van der Waals surface area contributed by atoms with Crippen LogP contribution in [0, 0.1) is 0 Å². The van der Waals surface area contributed by atoms with Crippen molar-refractivity contribution in [3.63, 3.8) is 0 Å². The van der Waals surface area contributed by atoms with E-state index in [9.17, 15) is 8.78 Å². The minimum Gasteiger partial charge on any atom is -0.493 e. The molecule has 2 atom stereocenters. The number of piperidine rings is 1. The monoisotopic (exact) mass is 383 g/mol. The predicted molar refractivity (Wildman–Crippen MR) is 101 cm³/mol. The van der Waals surface area contributed by atoms with E-state index in [1.807, 2.05) is 12.1 Å². The Hall–Kier alpha value is -1.40. The lowest BCUT2D eigenvalue weighted by Crippen LogP contribution is -2.47. The molecule has 0 aromatic heterocycles. The summed E-state index contributed by atoms with van der Waals surface area (Å²) in [6.07, 6.45) is 3.15. The van der Waals surface area contributed by atoms with E-state index < -0.39 is 12.5 Å². The molecule has 2 heterocycles. The van der Waals surface area contributed by atoms with E-state index in [1.165, 1.54) is 11.1 Å². The van der Waals surface area contributed by atoms with Crippen molar-refractivity contribution >= 4 is 0 Å². The van der Waals surface area contributed by atoms with Gasteiger partial charge in [0.05, 0.1) is 18.8 Å². The molecule has 0 saturated carbocycles. The molecule has 2 aliphatic rings. The molecule has 1 aromatic carbocycles. The molecule has 0 spiro atoms. The maximum absolute atomic E-state index is 13.2. The van der Waals surface area contributed by atoms with E-state index in [4.69, 9.17) is 14.2 Å². The van der Waals surface area contributed by atoms with Crippen molar-refractivity contribution in [3.8, 4) is 11.5 Å². The van der Waals surface area contributed by atoms with Crippen LogP contribution >= 0.6 is 0 Å². The van der Waals surface area contributed by atoms with Gasteiger partial charge in [-0.3, -0.25) is 4.90 Å². The van der Waals surface area contributed by atoms with Crippen LogP contribution in [-0.2, 0) is 11.2 Å². The van der Waals surface area contributed by atoms with Crippen molar-refractivity contribution in [1.82, 2.24) is 4.90 Å².